The van der Waals surface area contributed by atoms with Crippen molar-refractivity contribution in [1.82, 2.24) is 0 Å². The van der Waals surface area contributed by atoms with Gasteiger partial charge in [0.1, 0.15) is 0 Å². The lowest BCUT2D eigenvalue weighted by atomic mass is 10.2. The van der Waals surface area contributed by atoms with Crippen LogP contribution in [-0.4, -0.2) is 23.6 Å². The molecule has 0 aliphatic rings. The number of aliphatic imine (C=N–C) groups is 1. The number of non-ortho nitro benzene ring substituents is 1. The van der Waals surface area contributed by atoms with Crippen molar-refractivity contribution < 1.29 is 4.92 Å². The molecule has 0 amide bonds. The second kappa shape index (κ2) is 5.34. The number of benzene rings is 1. The Balaban J connectivity index is 2.68. The first kappa shape index (κ1) is 10.7. The molecule has 0 saturated carbocycles. The van der Waals surface area contributed by atoms with Gasteiger partial charge in [0.15, 0.2) is 0 Å². The Bertz CT molecular complexity index is 335. The van der Waals surface area contributed by atoms with Gasteiger partial charge in [-0.2, -0.15) is 0 Å². The summed E-state index contributed by atoms with van der Waals surface area (Å²) in [7, 11) is 0. The Labute approximate surface area is 86.4 Å². The van der Waals surface area contributed by atoms with Gasteiger partial charge in [-0.05, 0) is 17.7 Å². The van der Waals surface area contributed by atoms with Crippen molar-refractivity contribution in [1.29, 1.82) is 0 Å². The van der Waals surface area contributed by atoms with Crippen molar-refractivity contribution in [2.24, 2.45) is 4.99 Å². The molecule has 0 aromatic heterocycles. The minimum absolute atomic E-state index is 0.0829. The molecule has 14 heavy (non-hydrogen) atoms. The number of alkyl halides is 1. The molecular weight excluding hydrogens is 204 g/mol. The Morgan fingerprint density at radius 1 is 1.43 bits per heavy atom. The summed E-state index contributed by atoms with van der Waals surface area (Å²) in [5, 5.41) is 10.3. The first-order valence-corrected chi connectivity index (χ1v) is 4.58. The highest BCUT2D eigenvalue weighted by molar-refractivity contribution is 6.18. The fraction of sp³-hybridized carbons (Fsp3) is 0.222. The summed E-state index contributed by atoms with van der Waals surface area (Å²) in [5.41, 5.74) is 0.917. The van der Waals surface area contributed by atoms with E-state index in [2.05, 4.69) is 4.99 Å². The van der Waals surface area contributed by atoms with Gasteiger partial charge in [0.05, 0.1) is 11.5 Å². The molecule has 0 aliphatic heterocycles. The van der Waals surface area contributed by atoms with E-state index in [0.29, 0.717) is 12.4 Å². The third-order valence-corrected chi connectivity index (χ3v) is 1.73. The minimum Gasteiger partial charge on any atom is -0.291 e. The maximum absolute atomic E-state index is 10.3. The fourth-order valence-corrected chi connectivity index (χ4v) is 0.998. The van der Waals surface area contributed by atoms with Gasteiger partial charge in [0, 0.05) is 24.2 Å². The highest BCUT2D eigenvalue weighted by Gasteiger charge is 2.01. The number of nitro groups is 1. The fourth-order valence-electron chi connectivity index (χ4n) is 0.901. The van der Waals surface area contributed by atoms with E-state index < -0.39 is 4.92 Å². The van der Waals surface area contributed by atoms with E-state index in [-0.39, 0.29) is 5.69 Å². The van der Waals surface area contributed by atoms with Gasteiger partial charge in [-0.1, -0.05) is 0 Å². The van der Waals surface area contributed by atoms with Crippen LogP contribution < -0.4 is 0 Å². The van der Waals surface area contributed by atoms with E-state index in [9.17, 15) is 10.1 Å². The molecule has 0 fully saturated rings. The molecule has 0 heterocycles. The zero-order chi connectivity index (χ0) is 10.4. The minimum atomic E-state index is -0.431. The van der Waals surface area contributed by atoms with Gasteiger partial charge in [0.2, 0.25) is 0 Å². The molecule has 0 atom stereocenters. The highest BCUT2D eigenvalue weighted by atomic mass is 35.5. The van der Waals surface area contributed by atoms with E-state index in [0.717, 1.165) is 5.56 Å². The van der Waals surface area contributed by atoms with Gasteiger partial charge in [-0.3, -0.25) is 15.1 Å². The summed E-state index contributed by atoms with van der Waals surface area (Å²) in [5.74, 6) is 0.476. The first-order valence-electron chi connectivity index (χ1n) is 4.04. The maximum Gasteiger partial charge on any atom is 0.269 e. The molecule has 1 aromatic rings. The summed E-state index contributed by atoms with van der Waals surface area (Å²) in [6.45, 7) is 0.554. The number of nitrogens with zero attached hydrogens (tertiary/aromatic N) is 2. The average molecular weight is 213 g/mol. The molecule has 0 bridgehead atoms. The van der Waals surface area contributed by atoms with Crippen LogP contribution in [0, 0.1) is 10.1 Å². The topological polar surface area (TPSA) is 55.5 Å². The van der Waals surface area contributed by atoms with Crippen LogP contribution in [-0.2, 0) is 0 Å². The Morgan fingerprint density at radius 3 is 2.57 bits per heavy atom. The summed E-state index contributed by atoms with van der Waals surface area (Å²) < 4.78 is 0. The quantitative estimate of drug-likeness (QED) is 0.333. The van der Waals surface area contributed by atoms with Crippen molar-refractivity contribution in [2.45, 2.75) is 0 Å². The normalized spacial score (nSPS) is 10.6. The standard InChI is InChI=1S/C9H9ClN2O2/c10-5-6-11-7-8-1-3-9(4-2-8)12(13)14/h1-4,7H,5-6H2. The van der Waals surface area contributed by atoms with Crippen LogP contribution in [0.5, 0.6) is 0 Å². The van der Waals surface area contributed by atoms with E-state index in [1.807, 2.05) is 0 Å². The van der Waals surface area contributed by atoms with E-state index in [1.54, 1.807) is 18.3 Å². The zero-order valence-corrected chi connectivity index (χ0v) is 8.15. The lowest BCUT2D eigenvalue weighted by Gasteiger charge is -1.92. The number of hydrogen-bond donors (Lipinski definition) is 0. The molecule has 0 spiro atoms. The van der Waals surface area contributed by atoms with Crippen molar-refractivity contribution in [3.8, 4) is 0 Å². The van der Waals surface area contributed by atoms with E-state index in [1.165, 1.54) is 12.1 Å². The summed E-state index contributed by atoms with van der Waals surface area (Å²) in [6.07, 6.45) is 1.64. The van der Waals surface area contributed by atoms with Gasteiger partial charge in [-0.25, -0.2) is 0 Å². The Morgan fingerprint density at radius 2 is 2.07 bits per heavy atom. The zero-order valence-electron chi connectivity index (χ0n) is 7.39. The second-order valence-electron chi connectivity index (χ2n) is 2.57. The number of hydrogen-bond acceptors (Lipinski definition) is 3. The number of halogens is 1. The summed E-state index contributed by atoms with van der Waals surface area (Å²) in [6, 6.07) is 6.19. The molecule has 1 rings (SSSR count). The van der Waals surface area contributed by atoms with Crippen molar-refractivity contribution in [3.63, 3.8) is 0 Å². The Hall–Kier alpha value is -1.42. The van der Waals surface area contributed by atoms with E-state index >= 15 is 0 Å². The van der Waals surface area contributed by atoms with Crippen LogP contribution in [0.3, 0.4) is 0 Å². The van der Waals surface area contributed by atoms with E-state index in [4.69, 9.17) is 11.6 Å². The molecule has 5 heteroatoms. The van der Waals surface area contributed by atoms with Gasteiger partial charge < -0.3 is 0 Å². The molecule has 74 valence electrons. The van der Waals surface area contributed by atoms with Crippen molar-refractivity contribution >= 4 is 23.5 Å². The third-order valence-electron chi connectivity index (χ3n) is 1.56. The number of rotatable bonds is 4. The van der Waals surface area contributed by atoms with Crippen LogP contribution in [0.2, 0.25) is 0 Å². The molecule has 0 saturated heterocycles. The SMILES string of the molecule is O=[N+]([O-])c1ccc(C=NCCCl)cc1. The van der Waals surface area contributed by atoms with Crippen molar-refractivity contribution in [3.05, 3.63) is 39.9 Å². The monoisotopic (exact) mass is 212 g/mol. The van der Waals surface area contributed by atoms with Crippen LogP contribution in [0.15, 0.2) is 29.3 Å². The molecule has 0 radical (unpaired) electrons. The van der Waals surface area contributed by atoms with Crippen LogP contribution in [0.1, 0.15) is 5.56 Å². The predicted molar refractivity (Wildman–Crippen MR) is 56.3 cm³/mol. The molecule has 1 aromatic carbocycles. The molecular formula is C9H9ClN2O2. The largest absolute Gasteiger partial charge is 0.291 e. The summed E-state index contributed by atoms with van der Waals surface area (Å²) >= 11 is 5.43. The van der Waals surface area contributed by atoms with Crippen LogP contribution >= 0.6 is 11.6 Å². The van der Waals surface area contributed by atoms with Gasteiger partial charge in [0.25, 0.3) is 5.69 Å². The molecule has 0 N–H and O–H groups in total. The second-order valence-corrected chi connectivity index (χ2v) is 2.95. The van der Waals surface area contributed by atoms with Gasteiger partial charge >= 0.3 is 0 Å². The smallest absolute Gasteiger partial charge is 0.269 e. The van der Waals surface area contributed by atoms with Crippen LogP contribution in [0.4, 0.5) is 5.69 Å². The summed E-state index contributed by atoms with van der Waals surface area (Å²) in [4.78, 5) is 13.9. The number of nitro benzene ring substituents is 1. The lowest BCUT2D eigenvalue weighted by Crippen LogP contribution is -1.89. The predicted octanol–water partition coefficient (Wildman–Crippen LogP) is 2.25. The first-order chi connectivity index (χ1) is 6.74. The average Bonchev–Trinajstić information content (AvgIpc) is 2.19. The lowest BCUT2D eigenvalue weighted by molar-refractivity contribution is -0.384. The van der Waals surface area contributed by atoms with Crippen molar-refractivity contribution in [2.75, 3.05) is 12.4 Å². The molecule has 0 unspecified atom stereocenters. The van der Waals surface area contributed by atoms with Gasteiger partial charge in [-0.15, -0.1) is 11.6 Å². The third kappa shape index (κ3) is 3.14. The maximum atomic E-state index is 10.3. The Kier molecular flexibility index (Phi) is 4.07. The molecule has 4 nitrogen and oxygen atoms in total. The van der Waals surface area contributed by atoms with Crippen LogP contribution in [0.25, 0.3) is 0 Å². The molecule has 0 aliphatic carbocycles. The highest BCUT2D eigenvalue weighted by Crippen LogP contribution is 2.10.